The lowest BCUT2D eigenvalue weighted by Crippen LogP contribution is -2.01. The van der Waals surface area contributed by atoms with Crippen LogP contribution < -0.4 is 0 Å². The van der Waals surface area contributed by atoms with Crippen molar-refractivity contribution in [1.29, 1.82) is 0 Å². The Labute approximate surface area is 267 Å². The zero-order chi connectivity index (χ0) is 30.2. The average Bonchev–Trinajstić information content (AvgIpc) is 3.69. The van der Waals surface area contributed by atoms with Crippen molar-refractivity contribution in [2.24, 2.45) is 0 Å². The number of para-hydroxylation sites is 2. The number of aromatic nitrogens is 3. The molecule has 0 aliphatic carbocycles. The second kappa shape index (κ2) is 9.80. The second-order valence-corrected chi connectivity index (χ2v) is 12.7. The summed E-state index contributed by atoms with van der Waals surface area (Å²) in [6.07, 6.45) is 0. The van der Waals surface area contributed by atoms with Gasteiger partial charge in [-0.25, -0.2) is 15.0 Å². The first-order chi connectivity index (χ1) is 22.8. The maximum atomic E-state index is 6.45. The molecule has 10 rings (SSSR count). The maximum Gasteiger partial charge on any atom is 0.167 e. The van der Waals surface area contributed by atoms with E-state index >= 15 is 0 Å². The van der Waals surface area contributed by atoms with Crippen LogP contribution in [-0.4, -0.2) is 15.0 Å². The fourth-order valence-electron chi connectivity index (χ4n) is 6.78. The summed E-state index contributed by atoms with van der Waals surface area (Å²) in [6, 6.07) is 48.6. The van der Waals surface area contributed by atoms with Crippen molar-refractivity contribution in [3.63, 3.8) is 0 Å². The summed E-state index contributed by atoms with van der Waals surface area (Å²) in [6.45, 7) is 0. The van der Waals surface area contributed by atoms with E-state index in [0.717, 1.165) is 49.4 Å². The summed E-state index contributed by atoms with van der Waals surface area (Å²) in [7, 11) is 0. The third-order valence-corrected chi connectivity index (χ3v) is 10.1. The molecular weight excluding hydrogens is 583 g/mol. The van der Waals surface area contributed by atoms with Crippen LogP contribution in [0.2, 0.25) is 0 Å². The Hall–Kier alpha value is -5.91. The van der Waals surface area contributed by atoms with E-state index in [9.17, 15) is 0 Å². The minimum atomic E-state index is 0.582. The summed E-state index contributed by atoms with van der Waals surface area (Å²) >= 11 is 1.79. The standard InChI is InChI=1S/C41H23N3OS/c1-2-11-27-24(9-1)19-20-25-10-7-15-32(37(25)27)40-42-39(26-21-22-30-29-13-4-6-18-35(29)46-36(30)23-26)43-41(44-40)33-16-8-14-31-28-12-3-5-17-34(28)45-38(31)33/h1-23H. The molecular formula is C41H23N3OS. The molecule has 0 unspecified atom stereocenters. The van der Waals surface area contributed by atoms with Gasteiger partial charge in [0.1, 0.15) is 11.2 Å². The lowest BCUT2D eigenvalue weighted by atomic mass is 9.97. The molecule has 0 atom stereocenters. The lowest BCUT2D eigenvalue weighted by molar-refractivity contribution is 0.669. The monoisotopic (exact) mass is 605 g/mol. The first kappa shape index (κ1) is 25.4. The van der Waals surface area contributed by atoms with Gasteiger partial charge in [-0.05, 0) is 40.4 Å². The van der Waals surface area contributed by atoms with Gasteiger partial charge in [0.2, 0.25) is 0 Å². The van der Waals surface area contributed by atoms with Gasteiger partial charge < -0.3 is 4.42 Å². The number of rotatable bonds is 3. The summed E-state index contributed by atoms with van der Waals surface area (Å²) in [5, 5.41) is 9.25. The highest BCUT2D eigenvalue weighted by Crippen LogP contribution is 2.39. The minimum Gasteiger partial charge on any atom is -0.455 e. The van der Waals surface area contributed by atoms with Crippen LogP contribution in [0.5, 0.6) is 0 Å². The maximum absolute atomic E-state index is 6.45. The highest BCUT2D eigenvalue weighted by molar-refractivity contribution is 7.25. The number of fused-ring (bicyclic) bond motifs is 9. The van der Waals surface area contributed by atoms with Crippen LogP contribution in [0.15, 0.2) is 144 Å². The molecule has 214 valence electrons. The Morgan fingerprint density at radius 1 is 0.435 bits per heavy atom. The highest BCUT2D eigenvalue weighted by atomic mass is 32.1. The molecule has 10 aromatic rings. The molecule has 5 heteroatoms. The van der Waals surface area contributed by atoms with E-state index in [-0.39, 0.29) is 0 Å². The number of thiophene rings is 1. The molecule has 3 aromatic heterocycles. The number of furan rings is 1. The van der Waals surface area contributed by atoms with Gasteiger partial charge in [-0.2, -0.15) is 0 Å². The van der Waals surface area contributed by atoms with Crippen molar-refractivity contribution < 1.29 is 4.42 Å². The number of benzene rings is 7. The van der Waals surface area contributed by atoms with Crippen molar-refractivity contribution in [1.82, 2.24) is 15.0 Å². The number of hydrogen-bond acceptors (Lipinski definition) is 5. The molecule has 0 amide bonds. The van der Waals surface area contributed by atoms with Gasteiger partial charge in [0, 0.05) is 47.5 Å². The summed E-state index contributed by atoms with van der Waals surface area (Å²) < 4.78 is 8.93. The lowest BCUT2D eigenvalue weighted by Gasteiger charge is -2.12. The fraction of sp³-hybridized carbons (Fsp3) is 0. The molecule has 7 aromatic carbocycles. The Balaban J connectivity index is 1.27. The van der Waals surface area contributed by atoms with Crippen LogP contribution in [0, 0.1) is 0 Å². The Morgan fingerprint density at radius 3 is 2.02 bits per heavy atom. The minimum absolute atomic E-state index is 0.582. The molecule has 3 heterocycles. The van der Waals surface area contributed by atoms with E-state index < -0.39 is 0 Å². The number of hydrogen-bond donors (Lipinski definition) is 0. The fourth-order valence-corrected chi connectivity index (χ4v) is 7.93. The van der Waals surface area contributed by atoms with Crippen molar-refractivity contribution in [2.75, 3.05) is 0 Å². The van der Waals surface area contributed by atoms with Crippen LogP contribution in [0.3, 0.4) is 0 Å². The molecule has 4 nitrogen and oxygen atoms in total. The van der Waals surface area contributed by atoms with E-state index in [0.29, 0.717) is 17.5 Å². The van der Waals surface area contributed by atoms with E-state index in [1.807, 2.05) is 24.3 Å². The van der Waals surface area contributed by atoms with Crippen molar-refractivity contribution >= 4 is 75.0 Å². The third kappa shape index (κ3) is 3.82. The highest BCUT2D eigenvalue weighted by Gasteiger charge is 2.19. The molecule has 0 aliphatic rings. The van der Waals surface area contributed by atoms with E-state index in [1.54, 1.807) is 11.3 Å². The predicted molar refractivity (Wildman–Crippen MR) is 191 cm³/mol. The van der Waals surface area contributed by atoms with Crippen molar-refractivity contribution in [3.05, 3.63) is 140 Å². The van der Waals surface area contributed by atoms with E-state index in [2.05, 4.69) is 115 Å². The van der Waals surface area contributed by atoms with Crippen LogP contribution in [-0.2, 0) is 0 Å². The molecule has 0 fully saturated rings. The molecule has 46 heavy (non-hydrogen) atoms. The molecule has 0 saturated heterocycles. The number of nitrogens with zero attached hydrogens (tertiary/aromatic N) is 3. The van der Waals surface area contributed by atoms with E-state index in [4.69, 9.17) is 19.4 Å². The van der Waals surface area contributed by atoms with Crippen LogP contribution in [0.1, 0.15) is 0 Å². The predicted octanol–water partition coefficient (Wildman–Crippen LogP) is 11.4. The normalized spacial score (nSPS) is 11.9. The SMILES string of the molecule is c1ccc2c(c1)ccc1cccc(-c3nc(-c4ccc5c(c4)sc4ccccc45)nc(-c4cccc5c4oc4ccccc45)n3)c12. The Kier molecular flexibility index (Phi) is 5.41. The second-order valence-electron chi connectivity index (χ2n) is 11.6. The molecule has 0 N–H and O–H groups in total. The van der Waals surface area contributed by atoms with E-state index in [1.165, 1.54) is 30.9 Å². The Morgan fingerprint density at radius 2 is 1.09 bits per heavy atom. The molecule has 0 radical (unpaired) electrons. The average molecular weight is 606 g/mol. The first-order valence-corrected chi connectivity index (χ1v) is 16.1. The summed E-state index contributed by atoms with van der Waals surface area (Å²) in [4.78, 5) is 15.5. The summed E-state index contributed by atoms with van der Waals surface area (Å²) in [5.74, 6) is 1.84. The van der Waals surface area contributed by atoms with Crippen LogP contribution in [0.4, 0.5) is 0 Å². The van der Waals surface area contributed by atoms with Gasteiger partial charge in [0.05, 0.1) is 5.56 Å². The molecule has 0 saturated carbocycles. The van der Waals surface area contributed by atoms with Gasteiger partial charge in [-0.3, -0.25) is 0 Å². The zero-order valence-electron chi connectivity index (χ0n) is 24.4. The van der Waals surface area contributed by atoms with Gasteiger partial charge in [-0.1, -0.05) is 115 Å². The van der Waals surface area contributed by atoms with Gasteiger partial charge in [0.15, 0.2) is 17.5 Å². The largest absolute Gasteiger partial charge is 0.455 e. The van der Waals surface area contributed by atoms with Gasteiger partial charge in [-0.15, -0.1) is 11.3 Å². The smallest absolute Gasteiger partial charge is 0.167 e. The zero-order valence-corrected chi connectivity index (χ0v) is 25.3. The van der Waals surface area contributed by atoms with Gasteiger partial charge in [0.25, 0.3) is 0 Å². The van der Waals surface area contributed by atoms with Crippen LogP contribution in [0.25, 0.3) is 97.8 Å². The Bertz CT molecular complexity index is 2830. The first-order valence-electron chi connectivity index (χ1n) is 15.3. The summed E-state index contributed by atoms with van der Waals surface area (Å²) in [5.41, 5.74) is 4.38. The van der Waals surface area contributed by atoms with Crippen molar-refractivity contribution in [3.8, 4) is 34.2 Å². The third-order valence-electron chi connectivity index (χ3n) is 8.93. The molecule has 0 bridgehead atoms. The molecule has 0 aliphatic heterocycles. The van der Waals surface area contributed by atoms with Crippen LogP contribution >= 0.6 is 11.3 Å². The molecule has 0 spiro atoms. The van der Waals surface area contributed by atoms with Gasteiger partial charge >= 0.3 is 0 Å². The van der Waals surface area contributed by atoms with Crippen molar-refractivity contribution in [2.45, 2.75) is 0 Å². The topological polar surface area (TPSA) is 51.8 Å². The quantitative estimate of drug-likeness (QED) is 0.188.